The van der Waals surface area contributed by atoms with Gasteiger partial charge in [-0.25, -0.2) is 4.98 Å². The highest BCUT2D eigenvalue weighted by atomic mass is 15.2. The van der Waals surface area contributed by atoms with Crippen LogP contribution in [0.3, 0.4) is 0 Å². The van der Waals surface area contributed by atoms with Crippen molar-refractivity contribution in [3.05, 3.63) is 145 Å². The molecule has 0 N–H and O–H groups in total. The second-order valence-electron chi connectivity index (χ2n) is 12.1. The van der Waals surface area contributed by atoms with Crippen molar-refractivity contribution in [3.8, 4) is 39.9 Å². The summed E-state index contributed by atoms with van der Waals surface area (Å²) in [6, 6.07) is 47.0. The van der Waals surface area contributed by atoms with Crippen molar-refractivity contribution in [1.82, 2.24) is 19.5 Å². The van der Waals surface area contributed by atoms with Crippen molar-refractivity contribution in [2.75, 3.05) is 0 Å². The van der Waals surface area contributed by atoms with Crippen LogP contribution in [0.15, 0.2) is 133 Å². The lowest BCUT2D eigenvalue weighted by Gasteiger charge is -2.21. The average Bonchev–Trinajstić information content (AvgIpc) is 3.55. The molecule has 0 unspecified atom stereocenters. The Morgan fingerprint density at radius 3 is 1.77 bits per heavy atom. The van der Waals surface area contributed by atoms with Gasteiger partial charge >= 0.3 is 0 Å². The number of rotatable bonds is 3. The van der Waals surface area contributed by atoms with Gasteiger partial charge in [-0.1, -0.05) is 141 Å². The average molecular weight is 565 g/mol. The van der Waals surface area contributed by atoms with Gasteiger partial charge in [-0.3, -0.25) is 4.57 Å². The van der Waals surface area contributed by atoms with E-state index in [4.69, 9.17) is 15.0 Å². The van der Waals surface area contributed by atoms with Gasteiger partial charge in [-0.15, -0.1) is 0 Å². The van der Waals surface area contributed by atoms with Crippen LogP contribution in [0.1, 0.15) is 25.0 Å². The van der Waals surface area contributed by atoms with Crippen LogP contribution in [0.25, 0.3) is 72.4 Å². The molecule has 6 aromatic carbocycles. The van der Waals surface area contributed by atoms with Crippen LogP contribution < -0.4 is 0 Å². The summed E-state index contributed by atoms with van der Waals surface area (Å²) in [5.74, 6) is 1.91. The lowest BCUT2D eigenvalue weighted by atomic mass is 9.82. The molecule has 1 aliphatic carbocycles. The molecular weight excluding hydrogens is 536 g/mol. The third-order valence-electron chi connectivity index (χ3n) is 9.26. The van der Waals surface area contributed by atoms with Crippen molar-refractivity contribution in [3.63, 3.8) is 0 Å². The van der Waals surface area contributed by atoms with Gasteiger partial charge < -0.3 is 0 Å². The highest BCUT2D eigenvalue weighted by Gasteiger charge is 2.36. The Morgan fingerprint density at radius 2 is 1.05 bits per heavy atom. The predicted molar refractivity (Wildman–Crippen MR) is 180 cm³/mol. The van der Waals surface area contributed by atoms with Crippen LogP contribution in [0, 0.1) is 0 Å². The number of aromatic nitrogens is 4. The molecule has 0 aliphatic heterocycles. The molecule has 0 radical (unpaired) electrons. The van der Waals surface area contributed by atoms with Gasteiger partial charge in [0, 0.05) is 32.7 Å². The van der Waals surface area contributed by atoms with Gasteiger partial charge in [0.25, 0.3) is 0 Å². The molecule has 0 saturated heterocycles. The molecule has 4 heteroatoms. The SMILES string of the molecule is CC1(C)c2ccccc2-c2c1ccc1c2ccc2c3ccccc3n(-c3nc(-c4ccccc4)nc(-c4ccccc4)n3)c12. The van der Waals surface area contributed by atoms with Crippen molar-refractivity contribution in [2.24, 2.45) is 0 Å². The zero-order valence-electron chi connectivity index (χ0n) is 24.5. The molecule has 4 nitrogen and oxygen atoms in total. The van der Waals surface area contributed by atoms with Crippen LogP contribution >= 0.6 is 0 Å². The first kappa shape index (κ1) is 24.9. The zero-order valence-corrected chi connectivity index (χ0v) is 24.5. The fraction of sp³-hybridized carbons (Fsp3) is 0.0750. The normalized spacial score (nSPS) is 13.4. The Morgan fingerprint density at radius 1 is 0.477 bits per heavy atom. The molecule has 44 heavy (non-hydrogen) atoms. The molecule has 2 heterocycles. The minimum Gasteiger partial charge on any atom is -0.277 e. The Kier molecular flexibility index (Phi) is 5.21. The van der Waals surface area contributed by atoms with E-state index in [-0.39, 0.29) is 5.41 Å². The molecular formula is C40H28N4. The van der Waals surface area contributed by atoms with Crippen LogP contribution in [-0.2, 0) is 5.41 Å². The van der Waals surface area contributed by atoms with Gasteiger partial charge in [-0.2, -0.15) is 9.97 Å². The minimum absolute atomic E-state index is 0.0643. The van der Waals surface area contributed by atoms with E-state index in [9.17, 15) is 0 Å². The number of hydrogen-bond acceptors (Lipinski definition) is 3. The van der Waals surface area contributed by atoms with E-state index < -0.39 is 0 Å². The zero-order chi connectivity index (χ0) is 29.4. The van der Waals surface area contributed by atoms with Crippen LogP contribution in [0.4, 0.5) is 0 Å². The molecule has 1 aliphatic rings. The molecule has 0 fully saturated rings. The Labute approximate surface area is 255 Å². The molecule has 0 saturated carbocycles. The van der Waals surface area contributed by atoms with Crippen LogP contribution in [0.5, 0.6) is 0 Å². The summed E-state index contributed by atoms with van der Waals surface area (Å²) in [5.41, 5.74) is 9.41. The van der Waals surface area contributed by atoms with Gasteiger partial charge in [0.2, 0.25) is 5.95 Å². The van der Waals surface area contributed by atoms with E-state index in [1.165, 1.54) is 43.8 Å². The first-order valence-corrected chi connectivity index (χ1v) is 15.1. The summed E-state index contributed by atoms with van der Waals surface area (Å²) in [4.78, 5) is 15.3. The molecule has 0 spiro atoms. The van der Waals surface area contributed by atoms with E-state index in [0.717, 1.165) is 22.2 Å². The summed E-state index contributed by atoms with van der Waals surface area (Å²) in [6.45, 7) is 4.67. The van der Waals surface area contributed by atoms with Crippen molar-refractivity contribution < 1.29 is 0 Å². The van der Waals surface area contributed by atoms with Gasteiger partial charge in [-0.05, 0) is 33.7 Å². The molecule has 8 aromatic rings. The Balaban J connectivity index is 1.41. The summed E-state index contributed by atoms with van der Waals surface area (Å²) >= 11 is 0. The predicted octanol–water partition coefficient (Wildman–Crippen LogP) is 9.76. The maximum Gasteiger partial charge on any atom is 0.238 e. The monoisotopic (exact) mass is 564 g/mol. The van der Waals surface area contributed by atoms with E-state index in [0.29, 0.717) is 17.6 Å². The van der Waals surface area contributed by atoms with Gasteiger partial charge in [0.1, 0.15) is 0 Å². The topological polar surface area (TPSA) is 43.6 Å². The standard InChI is InChI=1S/C40H28N4/c1-40(2)32-19-11-9-18-31(32)35-28-21-22-29-27-17-10-12-20-34(27)44(36(29)30(28)23-24-33(35)40)39-42-37(25-13-5-3-6-14-25)41-38(43-39)26-15-7-4-8-16-26/h3-24H,1-2H3. The van der Waals surface area contributed by atoms with Crippen molar-refractivity contribution >= 4 is 32.6 Å². The first-order valence-electron chi connectivity index (χ1n) is 15.1. The number of fused-ring (bicyclic) bond motifs is 9. The van der Waals surface area contributed by atoms with Crippen molar-refractivity contribution in [2.45, 2.75) is 19.3 Å². The van der Waals surface area contributed by atoms with E-state index in [2.05, 4.69) is 115 Å². The summed E-state index contributed by atoms with van der Waals surface area (Å²) < 4.78 is 2.24. The second-order valence-corrected chi connectivity index (χ2v) is 12.1. The number of nitrogens with zero attached hydrogens (tertiary/aromatic N) is 4. The Bertz CT molecular complexity index is 2350. The first-order chi connectivity index (χ1) is 21.6. The second kappa shape index (κ2) is 9.19. The molecule has 208 valence electrons. The largest absolute Gasteiger partial charge is 0.277 e. The number of benzene rings is 6. The van der Waals surface area contributed by atoms with E-state index in [1.807, 2.05) is 36.4 Å². The van der Waals surface area contributed by atoms with Gasteiger partial charge in [0.15, 0.2) is 11.6 Å². The maximum absolute atomic E-state index is 5.15. The quantitative estimate of drug-likeness (QED) is 0.215. The fourth-order valence-electron chi connectivity index (χ4n) is 7.17. The van der Waals surface area contributed by atoms with Crippen LogP contribution in [-0.4, -0.2) is 19.5 Å². The number of para-hydroxylation sites is 1. The third-order valence-corrected chi connectivity index (χ3v) is 9.26. The highest BCUT2D eigenvalue weighted by molar-refractivity contribution is 6.21. The minimum atomic E-state index is -0.0643. The number of hydrogen-bond donors (Lipinski definition) is 0. The smallest absolute Gasteiger partial charge is 0.238 e. The molecule has 0 bridgehead atoms. The lowest BCUT2D eigenvalue weighted by molar-refractivity contribution is 0.661. The fourth-order valence-corrected chi connectivity index (χ4v) is 7.17. The molecule has 0 atom stereocenters. The molecule has 2 aromatic heterocycles. The maximum atomic E-state index is 5.15. The third kappa shape index (κ3) is 3.48. The van der Waals surface area contributed by atoms with E-state index in [1.54, 1.807) is 0 Å². The van der Waals surface area contributed by atoms with Crippen molar-refractivity contribution in [1.29, 1.82) is 0 Å². The van der Waals surface area contributed by atoms with Crippen LogP contribution in [0.2, 0.25) is 0 Å². The summed E-state index contributed by atoms with van der Waals surface area (Å²) in [6.07, 6.45) is 0. The van der Waals surface area contributed by atoms with Gasteiger partial charge in [0.05, 0.1) is 11.0 Å². The summed E-state index contributed by atoms with van der Waals surface area (Å²) in [5, 5.41) is 4.79. The highest BCUT2D eigenvalue weighted by Crippen LogP contribution is 2.52. The lowest BCUT2D eigenvalue weighted by Crippen LogP contribution is -2.14. The van der Waals surface area contributed by atoms with E-state index >= 15 is 0 Å². The summed E-state index contributed by atoms with van der Waals surface area (Å²) in [7, 11) is 0. The Hall–Kier alpha value is -5.61. The molecule has 9 rings (SSSR count). The molecule has 0 amide bonds.